The van der Waals surface area contributed by atoms with Crippen LogP contribution in [-0.4, -0.2) is 4.57 Å². The van der Waals surface area contributed by atoms with Crippen LogP contribution in [0.15, 0.2) is 34.4 Å². The second-order valence-corrected chi connectivity index (χ2v) is 4.07. The topological polar surface area (TPSA) is 48.0 Å². The standard InChI is InChI=1S/C11H12N2OS/c1-2-13-10(7-15-11(13)14)8-3-5-9(12)6-4-8/h3-7H,2,12H2,1H3. The van der Waals surface area contributed by atoms with Crippen LogP contribution in [0.5, 0.6) is 0 Å². The molecule has 4 heteroatoms. The predicted molar refractivity (Wildman–Crippen MR) is 64.1 cm³/mol. The van der Waals surface area contributed by atoms with E-state index in [1.165, 1.54) is 11.3 Å². The Hall–Kier alpha value is -1.55. The fourth-order valence-corrected chi connectivity index (χ4v) is 2.34. The minimum absolute atomic E-state index is 0.0873. The lowest BCUT2D eigenvalue weighted by molar-refractivity contribution is 0.757. The maximum Gasteiger partial charge on any atom is 0.307 e. The molecule has 0 amide bonds. The highest BCUT2D eigenvalue weighted by molar-refractivity contribution is 7.07. The maximum atomic E-state index is 11.5. The first kappa shape index (κ1) is 9.98. The number of nitrogens with two attached hydrogens (primary N) is 1. The average Bonchev–Trinajstić information content (AvgIpc) is 2.61. The van der Waals surface area contributed by atoms with Gasteiger partial charge >= 0.3 is 4.87 Å². The summed E-state index contributed by atoms with van der Waals surface area (Å²) in [5.74, 6) is 0. The minimum atomic E-state index is 0.0873. The Morgan fingerprint density at radius 1 is 1.33 bits per heavy atom. The van der Waals surface area contributed by atoms with Crippen LogP contribution in [0.2, 0.25) is 0 Å². The number of thiazole rings is 1. The second kappa shape index (κ2) is 3.90. The van der Waals surface area contributed by atoms with Crippen molar-refractivity contribution in [2.45, 2.75) is 13.5 Å². The Morgan fingerprint density at radius 2 is 2.00 bits per heavy atom. The summed E-state index contributed by atoms with van der Waals surface area (Å²) in [6, 6.07) is 7.56. The molecule has 0 aliphatic heterocycles. The van der Waals surface area contributed by atoms with Crippen LogP contribution in [0.1, 0.15) is 6.92 Å². The van der Waals surface area contributed by atoms with Crippen molar-refractivity contribution in [3.05, 3.63) is 39.3 Å². The molecule has 0 saturated heterocycles. The van der Waals surface area contributed by atoms with Crippen LogP contribution in [0.25, 0.3) is 11.3 Å². The molecule has 0 aliphatic carbocycles. The van der Waals surface area contributed by atoms with Crippen molar-refractivity contribution >= 4 is 17.0 Å². The van der Waals surface area contributed by atoms with Gasteiger partial charge in [-0.2, -0.15) is 0 Å². The van der Waals surface area contributed by atoms with Gasteiger partial charge < -0.3 is 5.73 Å². The summed E-state index contributed by atoms with van der Waals surface area (Å²) in [6.07, 6.45) is 0. The van der Waals surface area contributed by atoms with Gasteiger partial charge in [0, 0.05) is 17.6 Å². The summed E-state index contributed by atoms with van der Waals surface area (Å²) < 4.78 is 1.76. The lowest BCUT2D eigenvalue weighted by Crippen LogP contribution is -2.12. The molecule has 0 radical (unpaired) electrons. The fourth-order valence-electron chi connectivity index (χ4n) is 1.51. The van der Waals surface area contributed by atoms with Crippen LogP contribution >= 0.6 is 11.3 Å². The number of benzene rings is 1. The SMILES string of the molecule is CCn1c(-c2ccc(N)cc2)csc1=O. The lowest BCUT2D eigenvalue weighted by Gasteiger charge is -2.04. The molecular weight excluding hydrogens is 208 g/mol. The molecule has 3 nitrogen and oxygen atoms in total. The van der Waals surface area contributed by atoms with E-state index in [0.717, 1.165) is 16.9 Å². The monoisotopic (exact) mass is 220 g/mol. The quantitative estimate of drug-likeness (QED) is 0.788. The van der Waals surface area contributed by atoms with E-state index in [4.69, 9.17) is 5.73 Å². The molecule has 0 bridgehead atoms. The summed E-state index contributed by atoms with van der Waals surface area (Å²) in [5.41, 5.74) is 8.35. The molecular formula is C11H12N2OS. The largest absolute Gasteiger partial charge is 0.399 e. The van der Waals surface area contributed by atoms with E-state index in [9.17, 15) is 4.79 Å². The first-order valence-electron chi connectivity index (χ1n) is 4.76. The Bertz CT molecular complexity index is 510. The highest BCUT2D eigenvalue weighted by atomic mass is 32.1. The van der Waals surface area contributed by atoms with Crippen molar-refractivity contribution in [1.29, 1.82) is 0 Å². The van der Waals surface area contributed by atoms with E-state index in [0.29, 0.717) is 6.54 Å². The summed E-state index contributed by atoms with van der Waals surface area (Å²) >= 11 is 1.23. The van der Waals surface area contributed by atoms with Crippen molar-refractivity contribution < 1.29 is 0 Å². The lowest BCUT2D eigenvalue weighted by atomic mass is 10.1. The molecule has 0 atom stereocenters. The van der Waals surface area contributed by atoms with Crippen LogP contribution in [0.4, 0.5) is 5.69 Å². The fraction of sp³-hybridized carbons (Fsp3) is 0.182. The van der Waals surface area contributed by atoms with Crippen LogP contribution in [-0.2, 0) is 6.54 Å². The normalized spacial score (nSPS) is 10.5. The number of anilines is 1. The first-order valence-corrected chi connectivity index (χ1v) is 5.64. The molecule has 0 saturated carbocycles. The zero-order chi connectivity index (χ0) is 10.8. The zero-order valence-corrected chi connectivity index (χ0v) is 9.25. The Kier molecular flexibility index (Phi) is 2.60. The Labute approximate surface area is 91.8 Å². The van der Waals surface area contributed by atoms with Gasteiger partial charge in [0.25, 0.3) is 0 Å². The molecule has 2 N–H and O–H groups in total. The third kappa shape index (κ3) is 1.80. The number of hydrogen-bond acceptors (Lipinski definition) is 3. The third-order valence-electron chi connectivity index (χ3n) is 2.31. The highest BCUT2D eigenvalue weighted by Gasteiger charge is 2.06. The highest BCUT2D eigenvalue weighted by Crippen LogP contribution is 2.20. The maximum absolute atomic E-state index is 11.5. The number of rotatable bonds is 2. The smallest absolute Gasteiger partial charge is 0.307 e. The van der Waals surface area contributed by atoms with Crippen molar-refractivity contribution in [3.8, 4) is 11.3 Å². The molecule has 15 heavy (non-hydrogen) atoms. The molecule has 2 aromatic rings. The molecule has 1 aromatic carbocycles. The average molecular weight is 220 g/mol. The van der Waals surface area contributed by atoms with Gasteiger partial charge in [-0.1, -0.05) is 23.5 Å². The third-order valence-corrected chi connectivity index (χ3v) is 3.07. The van der Waals surface area contributed by atoms with Crippen LogP contribution < -0.4 is 10.6 Å². The molecule has 0 spiro atoms. The van der Waals surface area contributed by atoms with Gasteiger partial charge in [-0.3, -0.25) is 9.36 Å². The predicted octanol–water partition coefficient (Wildman–Crippen LogP) is 2.18. The van der Waals surface area contributed by atoms with E-state index < -0.39 is 0 Å². The molecule has 0 unspecified atom stereocenters. The summed E-state index contributed by atoms with van der Waals surface area (Å²) in [7, 11) is 0. The zero-order valence-electron chi connectivity index (χ0n) is 8.43. The van der Waals surface area contributed by atoms with Crippen molar-refractivity contribution in [2.24, 2.45) is 0 Å². The van der Waals surface area contributed by atoms with E-state index >= 15 is 0 Å². The van der Waals surface area contributed by atoms with Crippen molar-refractivity contribution in [3.63, 3.8) is 0 Å². The van der Waals surface area contributed by atoms with Gasteiger partial charge in [-0.25, -0.2) is 0 Å². The number of nitrogen functional groups attached to an aromatic ring is 1. The summed E-state index contributed by atoms with van der Waals surface area (Å²) in [5, 5.41) is 1.89. The Morgan fingerprint density at radius 3 is 2.60 bits per heavy atom. The van der Waals surface area contributed by atoms with Gasteiger partial charge in [-0.05, 0) is 24.6 Å². The van der Waals surface area contributed by atoms with Crippen molar-refractivity contribution in [1.82, 2.24) is 4.57 Å². The minimum Gasteiger partial charge on any atom is -0.399 e. The van der Waals surface area contributed by atoms with E-state index in [-0.39, 0.29) is 4.87 Å². The van der Waals surface area contributed by atoms with Crippen LogP contribution in [0.3, 0.4) is 0 Å². The van der Waals surface area contributed by atoms with Gasteiger partial charge in [0.05, 0.1) is 5.69 Å². The van der Waals surface area contributed by atoms with Gasteiger partial charge in [0.15, 0.2) is 0 Å². The van der Waals surface area contributed by atoms with Crippen molar-refractivity contribution in [2.75, 3.05) is 5.73 Å². The molecule has 1 heterocycles. The summed E-state index contributed by atoms with van der Waals surface area (Å²) in [6.45, 7) is 2.66. The first-order chi connectivity index (χ1) is 7.22. The molecule has 2 rings (SSSR count). The summed E-state index contributed by atoms with van der Waals surface area (Å²) in [4.78, 5) is 11.6. The van der Waals surface area contributed by atoms with Crippen LogP contribution in [0, 0.1) is 0 Å². The number of aromatic nitrogens is 1. The number of hydrogen-bond donors (Lipinski definition) is 1. The van der Waals surface area contributed by atoms with Gasteiger partial charge in [0.1, 0.15) is 0 Å². The van der Waals surface area contributed by atoms with E-state index in [1.54, 1.807) is 4.57 Å². The Balaban J connectivity index is 2.54. The van der Waals surface area contributed by atoms with E-state index in [2.05, 4.69) is 0 Å². The number of nitrogens with zero attached hydrogens (tertiary/aromatic N) is 1. The van der Waals surface area contributed by atoms with E-state index in [1.807, 2.05) is 36.6 Å². The van der Waals surface area contributed by atoms with Gasteiger partial charge in [-0.15, -0.1) is 0 Å². The molecule has 78 valence electrons. The molecule has 0 aliphatic rings. The molecule has 0 fully saturated rings. The van der Waals surface area contributed by atoms with Gasteiger partial charge in [0.2, 0.25) is 0 Å². The molecule has 1 aromatic heterocycles. The second-order valence-electron chi connectivity index (χ2n) is 3.25.